The maximum Gasteiger partial charge on any atom is 0.133 e. The van der Waals surface area contributed by atoms with Crippen LogP contribution in [0.5, 0.6) is 0 Å². The van der Waals surface area contributed by atoms with E-state index in [0.29, 0.717) is 0 Å². The highest BCUT2D eigenvalue weighted by atomic mass is 79.9. The van der Waals surface area contributed by atoms with Gasteiger partial charge in [0, 0.05) is 33.9 Å². The van der Waals surface area contributed by atoms with Crippen molar-refractivity contribution in [2.75, 3.05) is 17.7 Å². The molecule has 0 fully saturated rings. The maximum atomic E-state index is 5.78. The van der Waals surface area contributed by atoms with E-state index in [9.17, 15) is 0 Å². The molecule has 1 aromatic heterocycles. The highest BCUT2D eigenvalue weighted by Gasteiger charge is 2.17. The zero-order valence-electron chi connectivity index (χ0n) is 11.9. The second-order valence-electron chi connectivity index (χ2n) is 5.80. The molecule has 0 unspecified atom stereocenters. The quantitative estimate of drug-likeness (QED) is 0.696. The largest absolute Gasteiger partial charge is 0.369 e. The average molecular weight is 356 g/mol. The van der Waals surface area contributed by atoms with Crippen molar-refractivity contribution < 1.29 is 0 Å². The molecule has 1 heterocycles. The molecule has 2 nitrogen and oxygen atoms in total. The third-order valence-electron chi connectivity index (χ3n) is 3.47. The fraction of sp³-hybridized carbons (Fsp3) is 0.438. The summed E-state index contributed by atoms with van der Waals surface area (Å²) in [7, 11) is 0. The summed E-state index contributed by atoms with van der Waals surface area (Å²) in [6.45, 7) is 5.41. The Hall–Kier alpha value is -0.800. The number of hydrogen-bond donors (Lipinski definition) is 1. The number of aromatic nitrogens is 1. The van der Waals surface area contributed by atoms with Gasteiger partial charge in [-0.2, -0.15) is 0 Å². The number of halogens is 2. The van der Waals surface area contributed by atoms with E-state index in [1.54, 1.807) is 0 Å². The van der Waals surface area contributed by atoms with E-state index in [-0.39, 0.29) is 5.41 Å². The Kier molecular flexibility index (Phi) is 5.28. The predicted octanol–water partition coefficient (Wildman–Crippen LogP) is 5.45. The van der Waals surface area contributed by atoms with Gasteiger partial charge in [-0.3, -0.25) is 0 Å². The van der Waals surface area contributed by atoms with Gasteiger partial charge in [-0.05, 0) is 30.4 Å². The topological polar surface area (TPSA) is 24.9 Å². The fourth-order valence-corrected chi connectivity index (χ4v) is 2.90. The van der Waals surface area contributed by atoms with Crippen LogP contribution >= 0.6 is 27.5 Å². The van der Waals surface area contributed by atoms with Crippen LogP contribution in [0.25, 0.3) is 10.8 Å². The third-order valence-corrected chi connectivity index (χ3v) is 4.43. The van der Waals surface area contributed by atoms with E-state index in [2.05, 4.69) is 52.2 Å². The normalized spacial score (nSPS) is 11.8. The zero-order valence-corrected chi connectivity index (χ0v) is 14.3. The maximum absolute atomic E-state index is 5.78. The van der Waals surface area contributed by atoms with Gasteiger partial charge >= 0.3 is 0 Å². The minimum Gasteiger partial charge on any atom is -0.369 e. The van der Waals surface area contributed by atoms with E-state index in [4.69, 9.17) is 11.6 Å². The van der Waals surface area contributed by atoms with Crippen LogP contribution < -0.4 is 5.32 Å². The van der Waals surface area contributed by atoms with Crippen molar-refractivity contribution in [2.45, 2.75) is 26.7 Å². The summed E-state index contributed by atoms with van der Waals surface area (Å²) in [5.74, 6) is 1.67. The number of anilines is 1. The lowest BCUT2D eigenvalue weighted by Gasteiger charge is -2.25. The Morgan fingerprint density at radius 2 is 2.05 bits per heavy atom. The fourth-order valence-electron chi connectivity index (χ4n) is 2.27. The Morgan fingerprint density at radius 3 is 2.80 bits per heavy atom. The van der Waals surface area contributed by atoms with Gasteiger partial charge in [0.05, 0.1) is 0 Å². The van der Waals surface area contributed by atoms with Crippen LogP contribution in [-0.4, -0.2) is 17.4 Å². The van der Waals surface area contributed by atoms with E-state index in [1.807, 2.05) is 18.3 Å². The Bertz CT molecular complexity index is 584. The molecule has 2 aromatic rings. The molecule has 0 saturated heterocycles. The van der Waals surface area contributed by atoms with Crippen molar-refractivity contribution in [3.05, 3.63) is 34.9 Å². The van der Waals surface area contributed by atoms with Gasteiger partial charge in [0.1, 0.15) is 5.82 Å². The summed E-state index contributed by atoms with van der Waals surface area (Å²) < 4.78 is 1.10. The zero-order chi connectivity index (χ0) is 14.6. The van der Waals surface area contributed by atoms with Gasteiger partial charge in [0.15, 0.2) is 0 Å². The average Bonchev–Trinajstić information content (AvgIpc) is 2.44. The Labute approximate surface area is 134 Å². The van der Waals surface area contributed by atoms with Crippen LogP contribution in [0.4, 0.5) is 5.82 Å². The van der Waals surface area contributed by atoms with Gasteiger partial charge < -0.3 is 5.32 Å². The van der Waals surface area contributed by atoms with E-state index >= 15 is 0 Å². The van der Waals surface area contributed by atoms with Crippen molar-refractivity contribution in [1.29, 1.82) is 0 Å². The van der Waals surface area contributed by atoms with Crippen LogP contribution in [0, 0.1) is 5.41 Å². The van der Waals surface area contributed by atoms with Crippen molar-refractivity contribution in [1.82, 2.24) is 4.98 Å². The van der Waals surface area contributed by atoms with Crippen LogP contribution in [0.2, 0.25) is 0 Å². The Morgan fingerprint density at radius 1 is 1.25 bits per heavy atom. The molecular formula is C16H20BrClN2. The first-order chi connectivity index (χ1) is 9.53. The first-order valence-corrected chi connectivity index (χ1v) is 8.19. The number of nitrogens with one attached hydrogen (secondary N) is 1. The molecule has 0 aliphatic heterocycles. The number of benzene rings is 1. The highest BCUT2D eigenvalue weighted by Crippen LogP contribution is 2.29. The minimum atomic E-state index is 0.213. The predicted molar refractivity (Wildman–Crippen MR) is 91.7 cm³/mol. The second kappa shape index (κ2) is 6.77. The molecule has 1 aromatic carbocycles. The number of nitrogens with zero attached hydrogens (tertiary/aromatic N) is 1. The van der Waals surface area contributed by atoms with Crippen molar-refractivity contribution in [3.8, 4) is 0 Å². The number of alkyl halides is 1. The summed E-state index contributed by atoms with van der Waals surface area (Å²) >= 11 is 9.37. The molecule has 0 amide bonds. The van der Waals surface area contributed by atoms with Crippen molar-refractivity contribution in [3.63, 3.8) is 0 Å². The van der Waals surface area contributed by atoms with Gasteiger partial charge in [-0.1, -0.05) is 41.9 Å². The summed E-state index contributed by atoms with van der Waals surface area (Å²) in [5, 5.41) is 5.82. The van der Waals surface area contributed by atoms with Crippen LogP contribution in [-0.2, 0) is 0 Å². The van der Waals surface area contributed by atoms with Crippen molar-refractivity contribution >= 4 is 44.1 Å². The SMILES string of the molecule is CC(C)(CCCCl)CNc1nccc2c(Br)cccc12. The number of fused-ring (bicyclic) bond motifs is 1. The number of rotatable bonds is 6. The third kappa shape index (κ3) is 3.86. The summed E-state index contributed by atoms with van der Waals surface area (Å²) in [4.78, 5) is 4.47. The molecule has 0 spiro atoms. The van der Waals surface area contributed by atoms with Crippen LogP contribution in [0.1, 0.15) is 26.7 Å². The molecule has 20 heavy (non-hydrogen) atoms. The molecule has 1 N–H and O–H groups in total. The number of pyridine rings is 1. The second-order valence-corrected chi connectivity index (χ2v) is 7.04. The molecule has 4 heteroatoms. The summed E-state index contributed by atoms with van der Waals surface area (Å²) in [6.07, 6.45) is 4.00. The Balaban J connectivity index is 2.16. The van der Waals surface area contributed by atoms with Crippen LogP contribution in [0.15, 0.2) is 34.9 Å². The first-order valence-electron chi connectivity index (χ1n) is 6.86. The first kappa shape index (κ1) is 15.6. The standard InChI is InChI=1S/C16H20BrClN2/c1-16(2,8-4-9-18)11-20-15-13-5-3-6-14(17)12(13)7-10-19-15/h3,5-7,10H,4,8-9,11H2,1-2H3,(H,19,20). The highest BCUT2D eigenvalue weighted by molar-refractivity contribution is 9.10. The molecule has 0 saturated carbocycles. The molecule has 2 rings (SSSR count). The van der Waals surface area contributed by atoms with Crippen LogP contribution in [0.3, 0.4) is 0 Å². The summed E-state index contributed by atoms with van der Waals surface area (Å²) in [5.41, 5.74) is 0.213. The minimum absolute atomic E-state index is 0.213. The van der Waals surface area contributed by atoms with Gasteiger partial charge in [0.2, 0.25) is 0 Å². The molecule has 0 aliphatic rings. The van der Waals surface area contributed by atoms with Gasteiger partial charge in [-0.15, -0.1) is 11.6 Å². The molecule has 0 atom stereocenters. The lowest BCUT2D eigenvalue weighted by Crippen LogP contribution is -2.23. The lowest BCUT2D eigenvalue weighted by molar-refractivity contribution is 0.355. The van der Waals surface area contributed by atoms with Gasteiger partial charge in [-0.25, -0.2) is 4.98 Å². The molecular weight excluding hydrogens is 336 g/mol. The van der Waals surface area contributed by atoms with Gasteiger partial charge in [0.25, 0.3) is 0 Å². The molecule has 0 aliphatic carbocycles. The molecule has 0 radical (unpaired) electrons. The smallest absolute Gasteiger partial charge is 0.133 e. The van der Waals surface area contributed by atoms with E-state index in [0.717, 1.165) is 40.9 Å². The lowest BCUT2D eigenvalue weighted by atomic mass is 9.88. The molecule has 108 valence electrons. The van der Waals surface area contributed by atoms with E-state index < -0.39 is 0 Å². The molecule has 0 bridgehead atoms. The number of hydrogen-bond acceptors (Lipinski definition) is 2. The van der Waals surface area contributed by atoms with Crippen molar-refractivity contribution in [2.24, 2.45) is 5.41 Å². The summed E-state index contributed by atoms with van der Waals surface area (Å²) in [6, 6.07) is 8.22. The van der Waals surface area contributed by atoms with E-state index in [1.165, 1.54) is 5.39 Å². The monoisotopic (exact) mass is 354 g/mol.